The number of phenols is 1. The number of hydrogen-bond donors (Lipinski definition) is 2. The maximum Gasteiger partial charge on any atom is 0.262 e. The van der Waals surface area contributed by atoms with Crippen LogP contribution in [0.5, 0.6) is 5.75 Å². The van der Waals surface area contributed by atoms with Crippen LogP contribution in [0.1, 0.15) is 104 Å². The molecule has 302 valence electrons. The lowest BCUT2D eigenvalue weighted by Gasteiger charge is -2.39. The maximum atomic E-state index is 16.3. The Morgan fingerprint density at radius 1 is 0.780 bits per heavy atom. The summed E-state index contributed by atoms with van der Waals surface area (Å²) in [7, 11) is 0. The second-order valence-electron chi connectivity index (χ2n) is 17.4. The molecule has 0 bridgehead atoms. The van der Waals surface area contributed by atoms with E-state index >= 15 is 4.39 Å². The van der Waals surface area contributed by atoms with Gasteiger partial charge in [0.2, 0.25) is 17.7 Å². The predicted octanol–water partition coefficient (Wildman–Crippen LogP) is 5.63. The minimum absolute atomic E-state index is 0.0118. The topological polar surface area (TPSA) is 131 Å². The number of amides is 5. The van der Waals surface area contributed by atoms with Crippen molar-refractivity contribution in [3.63, 3.8) is 0 Å². The Kier molecular flexibility index (Phi) is 9.15. The molecule has 0 aromatic heterocycles. The van der Waals surface area contributed by atoms with Crippen LogP contribution in [0.2, 0.25) is 0 Å². The van der Waals surface area contributed by atoms with Gasteiger partial charge in [0, 0.05) is 38.5 Å². The lowest BCUT2D eigenvalue weighted by atomic mass is 9.69. The molecule has 5 heterocycles. The molecule has 5 aliphatic heterocycles. The van der Waals surface area contributed by atoms with Crippen molar-refractivity contribution in [2.75, 3.05) is 37.6 Å². The molecule has 0 radical (unpaired) electrons. The van der Waals surface area contributed by atoms with Crippen molar-refractivity contribution in [1.82, 2.24) is 20.0 Å². The molecule has 5 amide bonds. The highest BCUT2D eigenvalue weighted by atomic mass is 19.1. The number of carbonyl (C=O) groups is 5. The number of imide groups is 2. The lowest BCUT2D eigenvalue weighted by Crippen LogP contribution is -2.54. The second-order valence-corrected chi connectivity index (χ2v) is 17.4. The third-order valence-corrected chi connectivity index (χ3v) is 14.0. The van der Waals surface area contributed by atoms with Gasteiger partial charge in [0.15, 0.2) is 0 Å². The van der Waals surface area contributed by atoms with Crippen molar-refractivity contribution in [2.24, 2.45) is 5.41 Å². The fraction of sp³-hybridized carbons (Fsp3) is 0.383. The van der Waals surface area contributed by atoms with Crippen molar-refractivity contribution < 1.29 is 33.5 Å². The summed E-state index contributed by atoms with van der Waals surface area (Å²) in [5, 5.41) is 12.5. The van der Waals surface area contributed by atoms with Crippen molar-refractivity contribution in [3.05, 3.63) is 129 Å². The Balaban J connectivity index is 0.764. The minimum Gasteiger partial charge on any atom is -0.508 e. The normalized spacial score (nSPS) is 23.7. The van der Waals surface area contributed by atoms with Gasteiger partial charge in [-0.3, -0.25) is 39.1 Å². The van der Waals surface area contributed by atoms with E-state index in [9.17, 15) is 29.1 Å². The number of fused-ring (bicyclic) bond motifs is 3. The summed E-state index contributed by atoms with van der Waals surface area (Å²) in [6, 6.07) is 24.2. The summed E-state index contributed by atoms with van der Waals surface area (Å²) < 4.78 is 16.3. The van der Waals surface area contributed by atoms with Gasteiger partial charge in [-0.25, -0.2) is 4.39 Å². The molecule has 12 heteroatoms. The number of aromatic hydroxyl groups is 1. The maximum absolute atomic E-state index is 16.3. The first-order valence-electron chi connectivity index (χ1n) is 20.8. The Hall–Kier alpha value is -5.88. The molecule has 3 atom stereocenters. The quantitative estimate of drug-likeness (QED) is 0.241. The number of rotatable bonds is 6. The zero-order chi connectivity index (χ0) is 40.6. The number of nitrogens with one attached hydrogen (secondary N) is 1. The number of likely N-dealkylation sites (tertiary alicyclic amines) is 1. The van der Waals surface area contributed by atoms with Crippen molar-refractivity contribution >= 4 is 35.2 Å². The molecule has 4 aromatic rings. The monoisotopic (exact) mass is 795 g/mol. The predicted molar refractivity (Wildman–Crippen MR) is 216 cm³/mol. The van der Waals surface area contributed by atoms with Crippen LogP contribution in [0, 0.1) is 11.2 Å². The average molecular weight is 796 g/mol. The van der Waals surface area contributed by atoms with Gasteiger partial charge in [0.05, 0.1) is 23.4 Å². The lowest BCUT2D eigenvalue weighted by molar-refractivity contribution is -0.136. The first kappa shape index (κ1) is 37.4. The van der Waals surface area contributed by atoms with Crippen LogP contribution in [-0.2, 0) is 33.9 Å². The molecule has 3 fully saturated rings. The number of carbonyl (C=O) groups excluding carboxylic acids is 5. The van der Waals surface area contributed by atoms with Crippen LogP contribution in [0.3, 0.4) is 0 Å². The number of piperidine rings is 2. The van der Waals surface area contributed by atoms with Crippen molar-refractivity contribution in [2.45, 2.75) is 75.9 Å². The minimum atomic E-state index is -1.02. The summed E-state index contributed by atoms with van der Waals surface area (Å²) >= 11 is 0. The molecule has 1 unspecified atom stereocenters. The SMILES string of the molecule is O=C1CCC(N2C(=O)c3cc4c(cc3C2=O)CN(C(=O)CN2CCC3(CC2)CCN(c2ccc([C@@H]5c6ccc(O)cc6CC[C@@H]5c5ccccc5)cc2F)C3)C4)C(=O)N1. The third-order valence-electron chi connectivity index (χ3n) is 14.0. The van der Waals surface area contributed by atoms with E-state index in [4.69, 9.17) is 0 Å². The zero-order valence-corrected chi connectivity index (χ0v) is 32.8. The van der Waals surface area contributed by atoms with Crippen molar-refractivity contribution in [3.8, 4) is 5.75 Å². The largest absolute Gasteiger partial charge is 0.508 e. The molecule has 11 nitrogen and oxygen atoms in total. The molecule has 1 aliphatic carbocycles. The fourth-order valence-electron chi connectivity index (χ4n) is 10.8. The van der Waals surface area contributed by atoms with Crippen LogP contribution in [0.15, 0.2) is 78.9 Å². The second kappa shape index (κ2) is 14.4. The van der Waals surface area contributed by atoms with E-state index in [1.54, 1.807) is 29.2 Å². The number of hydrogen-bond acceptors (Lipinski definition) is 8. The van der Waals surface area contributed by atoms with Gasteiger partial charge < -0.3 is 14.9 Å². The van der Waals surface area contributed by atoms with E-state index in [1.807, 2.05) is 24.3 Å². The summed E-state index contributed by atoms with van der Waals surface area (Å²) in [6.45, 7) is 4.04. The van der Waals surface area contributed by atoms with Gasteiger partial charge in [0.1, 0.15) is 17.6 Å². The van der Waals surface area contributed by atoms with Crippen LogP contribution >= 0.6 is 0 Å². The molecular formula is C47H46FN5O6. The van der Waals surface area contributed by atoms with Gasteiger partial charge in [-0.05, 0) is 133 Å². The smallest absolute Gasteiger partial charge is 0.262 e. The number of halogens is 1. The van der Waals surface area contributed by atoms with Gasteiger partial charge >= 0.3 is 0 Å². The van der Waals surface area contributed by atoms with E-state index in [0.717, 1.165) is 91.0 Å². The molecule has 3 saturated heterocycles. The van der Waals surface area contributed by atoms with Crippen LogP contribution in [0.4, 0.5) is 10.1 Å². The Morgan fingerprint density at radius 2 is 1.49 bits per heavy atom. The zero-order valence-electron chi connectivity index (χ0n) is 32.8. The highest BCUT2D eigenvalue weighted by Gasteiger charge is 2.46. The Morgan fingerprint density at radius 3 is 2.19 bits per heavy atom. The van der Waals surface area contributed by atoms with Crippen LogP contribution in [0.25, 0.3) is 0 Å². The molecule has 4 aromatic carbocycles. The molecule has 0 saturated carbocycles. The number of nitrogens with zero attached hydrogens (tertiary/aromatic N) is 4. The summed E-state index contributed by atoms with van der Waals surface area (Å²) in [5.41, 5.74) is 7.21. The Bertz CT molecular complexity index is 2380. The number of anilines is 1. The summed E-state index contributed by atoms with van der Waals surface area (Å²) in [5.74, 6) is -1.96. The molecular weight excluding hydrogens is 750 g/mol. The first-order chi connectivity index (χ1) is 28.5. The third kappa shape index (κ3) is 6.57. The standard InChI is InChI=1S/C47H46FN5O6/c48-38-23-30(43-34(28-4-2-1-3-5-28)9-6-29-20-33(54)8-10-35(29)43)7-11-39(38)51-19-16-47(27-51)14-17-50(18-15-47)26-42(56)52-24-31-21-36-37(22-32(31)25-52)46(59)53(45(36)58)40-12-13-41(55)49-44(40)57/h1-5,7-8,10-11,20-23,34,40,43,54H,6,9,12-19,24-27H2,(H,49,55,57)/t34-,40?,43+/m1/s1. The van der Waals surface area contributed by atoms with Crippen LogP contribution < -0.4 is 10.2 Å². The van der Waals surface area contributed by atoms with Crippen molar-refractivity contribution in [1.29, 1.82) is 0 Å². The van der Waals surface area contributed by atoms with Gasteiger partial charge in [-0.15, -0.1) is 0 Å². The Labute approximate surface area is 341 Å². The molecule has 10 rings (SSSR count). The van der Waals surface area contributed by atoms with E-state index in [0.29, 0.717) is 18.8 Å². The summed E-state index contributed by atoms with van der Waals surface area (Å²) in [6.07, 6.45) is 4.74. The number of phenolic OH excluding ortho intramolecular Hbond substituents is 1. The molecule has 59 heavy (non-hydrogen) atoms. The van der Waals surface area contributed by atoms with E-state index in [-0.39, 0.29) is 65.2 Å². The molecule has 6 aliphatic rings. The van der Waals surface area contributed by atoms with Gasteiger partial charge in [-0.1, -0.05) is 42.5 Å². The molecule has 2 N–H and O–H groups in total. The average Bonchev–Trinajstić information content (AvgIpc) is 3.92. The van der Waals surface area contributed by atoms with E-state index in [1.165, 1.54) is 5.56 Å². The first-order valence-corrected chi connectivity index (χ1v) is 20.8. The van der Waals surface area contributed by atoms with Gasteiger partial charge in [0.25, 0.3) is 11.8 Å². The van der Waals surface area contributed by atoms with Crippen LogP contribution in [-0.4, -0.2) is 88.1 Å². The van der Waals surface area contributed by atoms with Gasteiger partial charge in [-0.2, -0.15) is 0 Å². The highest BCUT2D eigenvalue weighted by molar-refractivity contribution is 6.23. The number of benzene rings is 4. The molecule has 1 spiro atoms. The fourth-order valence-corrected chi connectivity index (χ4v) is 10.8. The number of aryl methyl sites for hydroxylation is 1. The van der Waals surface area contributed by atoms with E-state index in [2.05, 4.69) is 45.4 Å². The summed E-state index contributed by atoms with van der Waals surface area (Å²) in [4.78, 5) is 71.5. The van der Waals surface area contributed by atoms with E-state index < -0.39 is 29.7 Å². The highest BCUT2D eigenvalue weighted by Crippen LogP contribution is 2.48.